The molecule has 1 unspecified atom stereocenters. The van der Waals surface area contributed by atoms with E-state index in [-0.39, 0.29) is 30.1 Å². The van der Waals surface area contributed by atoms with E-state index in [0.717, 1.165) is 5.56 Å². The molecule has 6 rings (SSSR count). The number of aryl methyl sites for hydroxylation is 1. The molecule has 11 heteroatoms. The Morgan fingerprint density at radius 1 is 1.07 bits per heavy atom. The van der Waals surface area contributed by atoms with Gasteiger partial charge in [0.1, 0.15) is 17.6 Å². The van der Waals surface area contributed by atoms with Crippen LogP contribution in [0, 0.1) is 5.92 Å². The number of halogens is 1. The first-order valence-corrected chi connectivity index (χ1v) is 17.9. The van der Waals surface area contributed by atoms with Gasteiger partial charge in [-0.1, -0.05) is 36.4 Å². The summed E-state index contributed by atoms with van der Waals surface area (Å²) in [5.41, 5.74) is 2.90. The van der Waals surface area contributed by atoms with Gasteiger partial charge in [-0.3, -0.25) is 14.4 Å². The van der Waals surface area contributed by atoms with Crippen molar-refractivity contribution in [3.8, 4) is 17.2 Å². The standard InChI is InChI=1S/C33H37FN4O5Si/c1-21-31(41-2)25-19-23(38-26-10-6-8-12-29(26)42-27-11-7-5-9-24(27)33(38)40)13-14-28(25)43-32(21)30(44(3,4)34)15-17-37-20-22(16-18-39)35-36-37/h5-14,19-21,30-32,39H,15-18H2,1-4H3/t21-,30?,31-,32-/m1/s1. The predicted octanol–water partition coefficient (Wildman–Crippen LogP) is 6.62. The molecule has 44 heavy (non-hydrogen) atoms. The number of methoxy groups -OCH3 is 1. The van der Waals surface area contributed by atoms with Crippen molar-refractivity contribution in [3.05, 3.63) is 89.7 Å². The topological polar surface area (TPSA) is 98.9 Å². The summed E-state index contributed by atoms with van der Waals surface area (Å²) < 4.78 is 36.6. The molecule has 1 N–H and O–H groups in total. The number of carbonyl (C=O) groups is 1. The number of para-hydroxylation sites is 3. The van der Waals surface area contributed by atoms with Crippen LogP contribution in [0.25, 0.3) is 0 Å². The van der Waals surface area contributed by atoms with Gasteiger partial charge in [-0.05, 0) is 62.0 Å². The summed E-state index contributed by atoms with van der Waals surface area (Å²) in [5, 5.41) is 17.5. The molecule has 2 aliphatic rings. The first-order chi connectivity index (χ1) is 21.2. The zero-order valence-electron chi connectivity index (χ0n) is 25.3. The highest BCUT2D eigenvalue weighted by Gasteiger charge is 2.47. The van der Waals surface area contributed by atoms with Crippen LogP contribution in [0.1, 0.15) is 41.1 Å². The molecule has 0 radical (unpaired) electrons. The van der Waals surface area contributed by atoms with Crippen LogP contribution in [-0.2, 0) is 17.7 Å². The quantitative estimate of drug-likeness (QED) is 0.167. The molecule has 4 aromatic rings. The molecule has 0 saturated carbocycles. The SMILES string of the molecule is CO[C@H]1c2cc(N3C(=O)c4ccccc4Oc4ccccc43)ccc2O[C@@H](C(CCn2cc(CCO)nn2)[Si](C)(C)F)[C@@H]1C. The second kappa shape index (κ2) is 12.1. The van der Waals surface area contributed by atoms with Crippen molar-refractivity contribution in [2.75, 3.05) is 18.6 Å². The predicted molar refractivity (Wildman–Crippen MR) is 167 cm³/mol. The Morgan fingerprint density at radius 2 is 1.82 bits per heavy atom. The van der Waals surface area contributed by atoms with Gasteiger partial charge in [0.25, 0.3) is 5.91 Å². The van der Waals surface area contributed by atoms with Crippen LogP contribution >= 0.6 is 0 Å². The van der Waals surface area contributed by atoms with Crippen molar-refractivity contribution in [2.24, 2.45) is 5.92 Å². The van der Waals surface area contributed by atoms with Gasteiger partial charge < -0.3 is 23.4 Å². The summed E-state index contributed by atoms with van der Waals surface area (Å²) in [4.78, 5) is 15.6. The van der Waals surface area contributed by atoms with E-state index in [1.165, 1.54) is 0 Å². The van der Waals surface area contributed by atoms with Crippen molar-refractivity contribution in [3.63, 3.8) is 0 Å². The average Bonchev–Trinajstić information content (AvgIpc) is 3.40. The maximum atomic E-state index is 16.0. The molecule has 2 aliphatic heterocycles. The first kappa shape index (κ1) is 30.0. The van der Waals surface area contributed by atoms with Gasteiger partial charge in [0.05, 0.1) is 28.7 Å². The van der Waals surface area contributed by atoms with Crippen LogP contribution < -0.4 is 14.4 Å². The maximum absolute atomic E-state index is 16.0. The van der Waals surface area contributed by atoms with Crippen molar-refractivity contribution in [1.82, 2.24) is 15.0 Å². The number of aliphatic hydroxyl groups is 1. The van der Waals surface area contributed by atoms with E-state index in [2.05, 4.69) is 10.3 Å². The van der Waals surface area contributed by atoms with E-state index in [9.17, 15) is 9.90 Å². The molecule has 3 aromatic carbocycles. The minimum Gasteiger partial charge on any atom is -0.490 e. The monoisotopic (exact) mass is 616 g/mol. The number of anilines is 2. The van der Waals surface area contributed by atoms with E-state index < -0.39 is 14.5 Å². The van der Waals surface area contributed by atoms with E-state index in [1.54, 1.807) is 48.1 Å². The Labute approximate surface area is 257 Å². The summed E-state index contributed by atoms with van der Waals surface area (Å²) >= 11 is 0. The number of aromatic nitrogens is 3. The van der Waals surface area contributed by atoms with Crippen molar-refractivity contribution >= 4 is 25.7 Å². The van der Waals surface area contributed by atoms with Crippen LogP contribution in [0.4, 0.5) is 15.5 Å². The third-order valence-electron chi connectivity index (χ3n) is 8.62. The maximum Gasteiger partial charge on any atom is 0.266 e. The Bertz CT molecular complexity index is 1660. The average molecular weight is 617 g/mol. The summed E-state index contributed by atoms with van der Waals surface area (Å²) in [6.07, 6.45) is 1.94. The van der Waals surface area contributed by atoms with E-state index in [0.29, 0.717) is 59.3 Å². The Morgan fingerprint density at radius 3 is 2.57 bits per heavy atom. The molecular formula is C33H37FN4O5Si. The molecule has 3 heterocycles. The molecule has 1 amide bonds. The highest BCUT2D eigenvalue weighted by molar-refractivity contribution is 6.72. The second-order valence-electron chi connectivity index (χ2n) is 11.9. The molecule has 9 nitrogen and oxygen atoms in total. The number of fused-ring (bicyclic) bond motifs is 3. The zero-order valence-corrected chi connectivity index (χ0v) is 26.3. The minimum atomic E-state index is -3.22. The van der Waals surface area contributed by atoms with Crippen LogP contribution in [0.2, 0.25) is 18.6 Å². The van der Waals surface area contributed by atoms with E-state index in [4.69, 9.17) is 14.2 Å². The molecule has 0 aliphatic carbocycles. The second-order valence-corrected chi connectivity index (χ2v) is 15.8. The minimum absolute atomic E-state index is 0.00178. The molecule has 4 atom stereocenters. The number of amides is 1. The number of benzene rings is 3. The lowest BCUT2D eigenvalue weighted by Crippen LogP contribution is -2.46. The highest BCUT2D eigenvalue weighted by Crippen LogP contribution is 2.50. The zero-order chi connectivity index (χ0) is 31.0. The number of hydrogen-bond acceptors (Lipinski definition) is 7. The summed E-state index contributed by atoms with van der Waals surface area (Å²) in [5.74, 6) is 1.31. The molecule has 0 spiro atoms. The highest BCUT2D eigenvalue weighted by atomic mass is 28.4. The normalized spacial score (nSPS) is 20.1. The lowest BCUT2D eigenvalue weighted by molar-refractivity contribution is -0.0242. The van der Waals surface area contributed by atoms with Crippen LogP contribution in [-0.4, -0.2) is 54.2 Å². The summed E-state index contributed by atoms with van der Waals surface area (Å²) in [7, 11) is -1.56. The van der Waals surface area contributed by atoms with Gasteiger partial charge in [0, 0.05) is 49.9 Å². The number of nitrogens with zero attached hydrogens (tertiary/aromatic N) is 4. The summed E-state index contributed by atoms with van der Waals surface area (Å²) in [6.45, 7) is 5.95. The lowest BCUT2D eigenvalue weighted by Gasteiger charge is -2.43. The molecule has 0 bridgehead atoms. The largest absolute Gasteiger partial charge is 0.490 e. The number of rotatable bonds is 9. The fourth-order valence-electron chi connectivity index (χ4n) is 6.42. The smallest absolute Gasteiger partial charge is 0.266 e. The van der Waals surface area contributed by atoms with Crippen LogP contribution in [0.15, 0.2) is 72.9 Å². The van der Waals surface area contributed by atoms with Crippen molar-refractivity contribution in [1.29, 1.82) is 0 Å². The molecule has 1 aromatic heterocycles. The van der Waals surface area contributed by atoms with Gasteiger partial charge >= 0.3 is 0 Å². The van der Waals surface area contributed by atoms with E-state index >= 15 is 4.11 Å². The van der Waals surface area contributed by atoms with Gasteiger partial charge in [0.2, 0.25) is 8.41 Å². The van der Waals surface area contributed by atoms with Crippen molar-refractivity contribution < 1.29 is 28.2 Å². The molecule has 0 fully saturated rings. The third-order valence-corrected chi connectivity index (χ3v) is 11.0. The molecule has 0 saturated heterocycles. The Balaban J connectivity index is 1.33. The van der Waals surface area contributed by atoms with Crippen molar-refractivity contribution in [2.45, 2.75) is 57.2 Å². The van der Waals surface area contributed by atoms with Crippen LogP contribution in [0.5, 0.6) is 17.2 Å². The number of carbonyl (C=O) groups excluding carboxylic acids is 1. The third kappa shape index (κ3) is 5.62. The first-order valence-electron chi connectivity index (χ1n) is 14.9. The summed E-state index contributed by atoms with van der Waals surface area (Å²) in [6, 6.07) is 20.3. The Kier molecular flexibility index (Phi) is 8.27. The Hall–Kier alpha value is -4.06. The van der Waals surface area contributed by atoms with Gasteiger partial charge in [0.15, 0.2) is 5.75 Å². The molecule has 230 valence electrons. The fraction of sp³-hybridized carbons (Fsp3) is 0.364. The lowest BCUT2D eigenvalue weighted by atomic mass is 9.86. The number of hydrogen-bond donors (Lipinski definition) is 1. The van der Waals surface area contributed by atoms with Gasteiger partial charge in [-0.2, -0.15) is 0 Å². The molecular weight excluding hydrogens is 579 g/mol. The van der Waals surface area contributed by atoms with E-state index in [1.807, 2.05) is 61.5 Å². The number of aliphatic hydroxyl groups excluding tert-OH is 1. The van der Waals surface area contributed by atoms with Gasteiger partial charge in [-0.15, -0.1) is 5.10 Å². The van der Waals surface area contributed by atoms with Gasteiger partial charge in [-0.25, -0.2) is 0 Å². The van der Waals surface area contributed by atoms with Crippen LogP contribution in [0.3, 0.4) is 0 Å². The number of ether oxygens (including phenoxy) is 3. The fourth-order valence-corrected chi connectivity index (χ4v) is 8.38.